The van der Waals surface area contributed by atoms with Crippen LogP contribution in [-0.4, -0.2) is 17.4 Å². The average Bonchev–Trinajstić information content (AvgIpc) is 2.78. The lowest BCUT2D eigenvalue weighted by atomic mass is 9.98. The molecule has 0 aliphatic heterocycles. The van der Waals surface area contributed by atoms with E-state index in [1.54, 1.807) is 24.3 Å². The number of benzene rings is 1. The molecule has 0 saturated heterocycles. The monoisotopic (exact) mass is 283 g/mol. The van der Waals surface area contributed by atoms with Crippen LogP contribution in [0.15, 0.2) is 24.3 Å². The number of nitrogens with one attached hydrogen (secondary N) is 1. The maximum atomic E-state index is 12.0. The molecule has 104 valence electrons. The molecule has 0 bridgehead atoms. The highest BCUT2D eigenvalue weighted by molar-refractivity contribution is 5.99. The van der Waals surface area contributed by atoms with Crippen molar-refractivity contribution in [2.24, 2.45) is 11.5 Å². The number of carbonyl (C=O) groups excluding carboxylic acids is 2. The predicted octanol–water partition coefficient (Wildman–Crippen LogP) is 1.42. The summed E-state index contributed by atoms with van der Waals surface area (Å²) in [5.74, 6) is -0.647. The van der Waals surface area contributed by atoms with E-state index in [2.05, 4.69) is 5.32 Å². The molecule has 1 saturated carbocycles. The molecule has 5 N–H and O–H groups in total. The molecule has 2 amide bonds. The number of carbonyl (C=O) groups is 2. The van der Waals surface area contributed by atoms with E-state index in [-0.39, 0.29) is 18.3 Å². The van der Waals surface area contributed by atoms with Crippen molar-refractivity contribution in [3.63, 3.8) is 0 Å². The summed E-state index contributed by atoms with van der Waals surface area (Å²) < 4.78 is 0. The van der Waals surface area contributed by atoms with Crippen molar-refractivity contribution in [1.29, 1.82) is 0 Å². The number of primary amides is 1. The molecule has 0 spiro atoms. The van der Waals surface area contributed by atoms with Crippen LogP contribution in [0.3, 0.4) is 0 Å². The van der Waals surface area contributed by atoms with Crippen LogP contribution in [0.4, 0.5) is 5.69 Å². The smallest absolute Gasteiger partial charge is 0.248 e. The van der Waals surface area contributed by atoms with Gasteiger partial charge < -0.3 is 16.8 Å². The summed E-state index contributed by atoms with van der Waals surface area (Å²) in [7, 11) is 0. The molecule has 19 heavy (non-hydrogen) atoms. The molecule has 5 nitrogen and oxygen atoms in total. The minimum absolute atomic E-state index is 0. The highest BCUT2D eigenvalue weighted by Crippen LogP contribution is 2.28. The zero-order valence-corrected chi connectivity index (χ0v) is 11.3. The topological polar surface area (TPSA) is 98.2 Å². The van der Waals surface area contributed by atoms with Crippen molar-refractivity contribution in [1.82, 2.24) is 0 Å². The summed E-state index contributed by atoms with van der Waals surface area (Å²) in [6, 6.07) is 6.46. The second-order valence-electron chi connectivity index (χ2n) is 4.76. The summed E-state index contributed by atoms with van der Waals surface area (Å²) >= 11 is 0. The van der Waals surface area contributed by atoms with Crippen LogP contribution in [0.25, 0.3) is 0 Å². The quantitative estimate of drug-likeness (QED) is 0.782. The third kappa shape index (κ3) is 3.45. The van der Waals surface area contributed by atoms with Gasteiger partial charge in [0.15, 0.2) is 0 Å². The van der Waals surface area contributed by atoms with Gasteiger partial charge in [-0.05, 0) is 37.1 Å². The molecular formula is C13H18ClN3O2. The molecule has 0 unspecified atom stereocenters. The van der Waals surface area contributed by atoms with E-state index < -0.39 is 11.4 Å². The molecule has 1 aliphatic carbocycles. The second-order valence-corrected chi connectivity index (χ2v) is 4.76. The van der Waals surface area contributed by atoms with Crippen LogP contribution in [0.1, 0.15) is 36.0 Å². The SMILES string of the molecule is Cl.NC(=O)c1ccc(NC(=O)C2(N)CCCC2)cc1. The lowest BCUT2D eigenvalue weighted by molar-refractivity contribution is -0.121. The summed E-state index contributed by atoms with van der Waals surface area (Å²) in [5.41, 5.74) is 11.5. The molecule has 1 aliphatic rings. The summed E-state index contributed by atoms with van der Waals surface area (Å²) in [6.45, 7) is 0. The Balaban J connectivity index is 0.00000180. The first kappa shape index (κ1) is 15.5. The van der Waals surface area contributed by atoms with Crippen LogP contribution >= 0.6 is 12.4 Å². The van der Waals surface area contributed by atoms with Crippen molar-refractivity contribution in [2.45, 2.75) is 31.2 Å². The van der Waals surface area contributed by atoms with Crippen LogP contribution in [0.5, 0.6) is 0 Å². The van der Waals surface area contributed by atoms with Crippen molar-refractivity contribution in [2.75, 3.05) is 5.32 Å². The van der Waals surface area contributed by atoms with Gasteiger partial charge in [0, 0.05) is 11.3 Å². The molecule has 0 heterocycles. The molecule has 1 aromatic rings. The van der Waals surface area contributed by atoms with Gasteiger partial charge in [0.05, 0.1) is 5.54 Å². The molecular weight excluding hydrogens is 266 g/mol. The van der Waals surface area contributed by atoms with Crippen molar-refractivity contribution < 1.29 is 9.59 Å². The first-order valence-electron chi connectivity index (χ1n) is 6.01. The highest BCUT2D eigenvalue weighted by atomic mass is 35.5. The van der Waals surface area contributed by atoms with E-state index in [0.29, 0.717) is 11.3 Å². The normalized spacial score (nSPS) is 16.5. The van der Waals surface area contributed by atoms with Gasteiger partial charge in [0.2, 0.25) is 11.8 Å². The Morgan fingerprint density at radius 2 is 1.63 bits per heavy atom. The third-order valence-corrected chi connectivity index (χ3v) is 3.38. The Kier molecular flexibility index (Phi) is 4.91. The molecule has 0 atom stereocenters. The van der Waals surface area contributed by atoms with Crippen molar-refractivity contribution in [3.8, 4) is 0 Å². The first-order chi connectivity index (χ1) is 8.51. The minimum atomic E-state index is -0.748. The van der Waals surface area contributed by atoms with Gasteiger partial charge in [-0.3, -0.25) is 9.59 Å². The van der Waals surface area contributed by atoms with Crippen molar-refractivity contribution in [3.05, 3.63) is 29.8 Å². The Bertz CT molecular complexity index is 467. The van der Waals surface area contributed by atoms with Crippen LogP contribution < -0.4 is 16.8 Å². The zero-order valence-electron chi connectivity index (χ0n) is 10.5. The van der Waals surface area contributed by atoms with E-state index in [1.807, 2.05) is 0 Å². The number of amides is 2. The summed E-state index contributed by atoms with van der Waals surface area (Å²) in [6.07, 6.45) is 3.42. The maximum absolute atomic E-state index is 12.0. The molecule has 0 radical (unpaired) electrons. The lowest BCUT2D eigenvalue weighted by Gasteiger charge is -2.22. The van der Waals surface area contributed by atoms with Crippen LogP contribution in [0.2, 0.25) is 0 Å². The molecule has 1 fully saturated rings. The second kappa shape index (κ2) is 6.04. The highest BCUT2D eigenvalue weighted by Gasteiger charge is 2.36. The van der Waals surface area contributed by atoms with Gasteiger partial charge in [-0.25, -0.2) is 0 Å². The molecule has 6 heteroatoms. The van der Waals surface area contributed by atoms with Gasteiger partial charge in [-0.15, -0.1) is 12.4 Å². The summed E-state index contributed by atoms with van der Waals surface area (Å²) in [5, 5.41) is 2.77. The maximum Gasteiger partial charge on any atom is 0.248 e. The lowest BCUT2D eigenvalue weighted by Crippen LogP contribution is -2.48. The third-order valence-electron chi connectivity index (χ3n) is 3.38. The number of anilines is 1. The van der Waals surface area contributed by atoms with Crippen molar-refractivity contribution >= 4 is 29.9 Å². The Labute approximate surface area is 118 Å². The molecule has 0 aromatic heterocycles. The van der Waals surface area contributed by atoms with Gasteiger partial charge in [-0.1, -0.05) is 12.8 Å². The Hall–Kier alpha value is -1.59. The number of rotatable bonds is 3. The number of hydrogen-bond donors (Lipinski definition) is 3. The fourth-order valence-electron chi connectivity index (χ4n) is 2.21. The Morgan fingerprint density at radius 1 is 1.11 bits per heavy atom. The van der Waals surface area contributed by atoms with E-state index in [1.165, 1.54) is 0 Å². The Morgan fingerprint density at radius 3 is 2.11 bits per heavy atom. The first-order valence-corrected chi connectivity index (χ1v) is 6.01. The summed E-state index contributed by atoms with van der Waals surface area (Å²) in [4.78, 5) is 22.9. The van der Waals surface area contributed by atoms with Gasteiger partial charge in [0.1, 0.15) is 0 Å². The van der Waals surface area contributed by atoms with E-state index in [4.69, 9.17) is 11.5 Å². The number of halogens is 1. The average molecular weight is 284 g/mol. The fourth-order valence-corrected chi connectivity index (χ4v) is 2.21. The number of hydrogen-bond acceptors (Lipinski definition) is 3. The van der Waals surface area contributed by atoms with E-state index in [9.17, 15) is 9.59 Å². The van der Waals surface area contributed by atoms with E-state index >= 15 is 0 Å². The van der Waals surface area contributed by atoms with Gasteiger partial charge in [-0.2, -0.15) is 0 Å². The largest absolute Gasteiger partial charge is 0.366 e. The van der Waals surface area contributed by atoms with Gasteiger partial charge in [0.25, 0.3) is 0 Å². The van der Waals surface area contributed by atoms with Crippen LogP contribution in [-0.2, 0) is 4.79 Å². The fraction of sp³-hybridized carbons (Fsp3) is 0.385. The zero-order chi connectivity index (χ0) is 13.2. The standard InChI is InChI=1S/C13H17N3O2.ClH/c14-11(17)9-3-5-10(6-4-9)16-12(18)13(15)7-1-2-8-13;/h3-6H,1-2,7-8,15H2,(H2,14,17)(H,16,18);1H. The predicted molar refractivity (Wildman–Crippen MR) is 76.2 cm³/mol. The minimum Gasteiger partial charge on any atom is -0.366 e. The molecule has 2 rings (SSSR count). The van der Waals surface area contributed by atoms with E-state index in [0.717, 1.165) is 25.7 Å². The number of nitrogens with two attached hydrogens (primary N) is 2. The molecule has 1 aromatic carbocycles. The van der Waals surface area contributed by atoms with Gasteiger partial charge >= 0.3 is 0 Å². The van der Waals surface area contributed by atoms with Crippen LogP contribution in [0, 0.1) is 0 Å².